The van der Waals surface area contributed by atoms with Crippen LogP contribution in [0.15, 0.2) is 41.4 Å². The van der Waals surface area contributed by atoms with Gasteiger partial charge in [0, 0.05) is 6.20 Å². The normalized spacial score (nSPS) is 11.1. The van der Waals surface area contributed by atoms with Crippen LogP contribution in [0.2, 0.25) is 0 Å². The smallest absolute Gasteiger partial charge is 0.263 e. The van der Waals surface area contributed by atoms with Gasteiger partial charge in [-0.2, -0.15) is 5.10 Å². The van der Waals surface area contributed by atoms with Crippen molar-refractivity contribution in [1.82, 2.24) is 10.2 Å². The highest BCUT2D eigenvalue weighted by atomic mass is 32.2. The second kappa shape index (κ2) is 4.49. The van der Waals surface area contributed by atoms with Crippen LogP contribution in [0.1, 0.15) is 0 Å². The first-order chi connectivity index (χ1) is 8.49. The van der Waals surface area contributed by atoms with Crippen molar-refractivity contribution in [3.05, 3.63) is 36.5 Å². The van der Waals surface area contributed by atoms with E-state index in [4.69, 9.17) is 5.73 Å². The molecule has 2 rings (SSSR count). The molecule has 1 heterocycles. The number of anilines is 2. The molecule has 0 aliphatic carbocycles. The number of hydrogen-bond donors (Lipinski definition) is 3. The van der Waals surface area contributed by atoms with Gasteiger partial charge in [0.15, 0.2) is 5.82 Å². The van der Waals surface area contributed by atoms with Crippen LogP contribution in [-0.4, -0.2) is 23.7 Å². The molecule has 0 aliphatic heterocycles. The lowest BCUT2D eigenvalue weighted by atomic mass is 10.3. The van der Waals surface area contributed by atoms with Crippen LogP contribution in [0, 0.1) is 0 Å². The van der Waals surface area contributed by atoms with Crippen LogP contribution in [0.25, 0.3) is 0 Å². The van der Waals surface area contributed by atoms with E-state index in [1.807, 2.05) is 0 Å². The van der Waals surface area contributed by atoms with E-state index in [2.05, 4.69) is 14.9 Å². The Balaban J connectivity index is 2.34. The standard InChI is InChI=1S/C10H10N4O3S/c11-8-6-7(3-4-9(8)15)18(16,17)14-10-2-1-5-12-13-10/h1-6,15H,11H2,(H,13,14). The number of hydrogen-bond acceptors (Lipinski definition) is 6. The number of nitrogen functional groups attached to an aromatic ring is 1. The highest BCUT2D eigenvalue weighted by molar-refractivity contribution is 7.92. The minimum Gasteiger partial charge on any atom is -0.506 e. The van der Waals surface area contributed by atoms with E-state index in [1.165, 1.54) is 24.4 Å². The third-order valence-electron chi connectivity index (χ3n) is 2.12. The lowest BCUT2D eigenvalue weighted by Crippen LogP contribution is -2.14. The van der Waals surface area contributed by atoms with E-state index in [9.17, 15) is 13.5 Å². The van der Waals surface area contributed by atoms with E-state index < -0.39 is 10.0 Å². The number of nitrogens with two attached hydrogens (primary N) is 1. The molecule has 8 heteroatoms. The van der Waals surface area contributed by atoms with E-state index in [0.29, 0.717) is 0 Å². The van der Waals surface area contributed by atoms with Crippen molar-refractivity contribution in [2.75, 3.05) is 10.5 Å². The summed E-state index contributed by atoms with van der Waals surface area (Å²) in [5, 5.41) is 16.4. The predicted molar refractivity (Wildman–Crippen MR) is 65.4 cm³/mol. The molecular weight excluding hydrogens is 256 g/mol. The molecule has 0 saturated carbocycles. The van der Waals surface area contributed by atoms with E-state index in [0.717, 1.165) is 6.07 Å². The van der Waals surface area contributed by atoms with Gasteiger partial charge >= 0.3 is 0 Å². The number of rotatable bonds is 3. The Morgan fingerprint density at radius 1 is 1.28 bits per heavy atom. The van der Waals surface area contributed by atoms with Crippen LogP contribution >= 0.6 is 0 Å². The maximum absolute atomic E-state index is 11.9. The number of phenolic OH excluding ortho intramolecular Hbond substituents is 1. The number of nitrogens with zero attached hydrogens (tertiary/aromatic N) is 2. The average molecular weight is 266 g/mol. The summed E-state index contributed by atoms with van der Waals surface area (Å²) in [6.07, 6.45) is 1.43. The first kappa shape index (κ1) is 12.1. The minimum absolute atomic E-state index is 0.0166. The van der Waals surface area contributed by atoms with Crippen LogP contribution < -0.4 is 10.5 Å². The number of benzene rings is 1. The summed E-state index contributed by atoms with van der Waals surface area (Å²) in [5.41, 5.74) is 5.42. The number of aromatic hydroxyl groups is 1. The van der Waals surface area contributed by atoms with Gasteiger partial charge in [0.05, 0.1) is 10.6 Å². The van der Waals surface area contributed by atoms with Gasteiger partial charge in [-0.25, -0.2) is 8.42 Å². The molecule has 1 aromatic heterocycles. The van der Waals surface area contributed by atoms with E-state index >= 15 is 0 Å². The Bertz CT molecular complexity index is 658. The third kappa shape index (κ3) is 2.48. The van der Waals surface area contributed by atoms with Crippen LogP contribution in [0.5, 0.6) is 5.75 Å². The molecule has 0 aliphatic rings. The molecule has 4 N–H and O–H groups in total. The molecule has 0 unspecified atom stereocenters. The summed E-state index contributed by atoms with van der Waals surface area (Å²) < 4.78 is 26.1. The monoisotopic (exact) mass is 266 g/mol. The molecule has 0 radical (unpaired) electrons. The van der Waals surface area contributed by atoms with Crippen LogP contribution in [0.4, 0.5) is 11.5 Å². The van der Waals surface area contributed by atoms with Gasteiger partial charge in [0.2, 0.25) is 0 Å². The van der Waals surface area contributed by atoms with Crippen molar-refractivity contribution < 1.29 is 13.5 Å². The quantitative estimate of drug-likeness (QED) is 0.552. The Morgan fingerprint density at radius 3 is 2.67 bits per heavy atom. The highest BCUT2D eigenvalue weighted by Crippen LogP contribution is 2.24. The molecule has 94 valence electrons. The number of aromatic nitrogens is 2. The summed E-state index contributed by atoms with van der Waals surface area (Å²) in [5.74, 6) is -0.0717. The summed E-state index contributed by atoms with van der Waals surface area (Å²) >= 11 is 0. The molecule has 0 atom stereocenters. The first-order valence-corrected chi connectivity index (χ1v) is 6.36. The summed E-state index contributed by atoms with van der Waals surface area (Å²) in [4.78, 5) is -0.0662. The Kier molecular flexibility index (Phi) is 3.02. The topological polar surface area (TPSA) is 118 Å². The van der Waals surface area contributed by atoms with Gasteiger partial charge in [-0.05, 0) is 30.3 Å². The average Bonchev–Trinajstić information content (AvgIpc) is 2.33. The fraction of sp³-hybridized carbons (Fsp3) is 0. The van der Waals surface area contributed by atoms with Crippen LogP contribution in [0.3, 0.4) is 0 Å². The Labute approximate surface area is 103 Å². The maximum Gasteiger partial charge on any atom is 0.263 e. The second-order valence-corrected chi connectivity index (χ2v) is 5.12. The molecule has 18 heavy (non-hydrogen) atoms. The SMILES string of the molecule is Nc1cc(S(=O)(=O)Nc2cccnn2)ccc1O. The fourth-order valence-corrected chi connectivity index (χ4v) is 2.28. The minimum atomic E-state index is -3.80. The molecule has 0 saturated heterocycles. The van der Waals surface area contributed by atoms with E-state index in [-0.39, 0.29) is 22.2 Å². The first-order valence-electron chi connectivity index (χ1n) is 4.88. The van der Waals surface area contributed by atoms with Crippen molar-refractivity contribution in [2.24, 2.45) is 0 Å². The predicted octanol–water partition coefficient (Wildman–Crippen LogP) is 0.565. The lowest BCUT2D eigenvalue weighted by Gasteiger charge is -2.07. The molecule has 0 fully saturated rings. The second-order valence-electron chi connectivity index (χ2n) is 3.44. The zero-order chi connectivity index (χ0) is 13.2. The maximum atomic E-state index is 11.9. The number of phenols is 1. The van der Waals surface area contributed by atoms with Gasteiger partial charge in [-0.3, -0.25) is 4.72 Å². The van der Waals surface area contributed by atoms with Crippen molar-refractivity contribution >= 4 is 21.5 Å². The third-order valence-corrected chi connectivity index (χ3v) is 3.47. The summed E-state index contributed by atoms with van der Waals surface area (Å²) in [6.45, 7) is 0. The van der Waals surface area contributed by atoms with Gasteiger partial charge in [0.25, 0.3) is 10.0 Å². The Morgan fingerprint density at radius 2 is 2.06 bits per heavy atom. The van der Waals surface area contributed by atoms with Crippen molar-refractivity contribution in [3.63, 3.8) is 0 Å². The zero-order valence-corrected chi connectivity index (χ0v) is 9.92. The molecule has 7 nitrogen and oxygen atoms in total. The molecule has 0 bridgehead atoms. The largest absolute Gasteiger partial charge is 0.506 e. The summed E-state index contributed by atoms with van der Waals surface area (Å²) in [7, 11) is -3.80. The van der Waals surface area contributed by atoms with Gasteiger partial charge in [0.1, 0.15) is 5.75 Å². The van der Waals surface area contributed by atoms with Crippen LogP contribution in [-0.2, 0) is 10.0 Å². The number of sulfonamides is 1. The lowest BCUT2D eigenvalue weighted by molar-refractivity contribution is 0.477. The Hall–Kier alpha value is -2.35. The molecule has 2 aromatic rings. The molecule has 0 spiro atoms. The number of nitrogens with one attached hydrogen (secondary N) is 1. The zero-order valence-electron chi connectivity index (χ0n) is 9.11. The van der Waals surface area contributed by atoms with Crippen molar-refractivity contribution in [1.29, 1.82) is 0 Å². The van der Waals surface area contributed by atoms with E-state index in [1.54, 1.807) is 6.07 Å². The molecule has 0 amide bonds. The highest BCUT2D eigenvalue weighted by Gasteiger charge is 2.16. The van der Waals surface area contributed by atoms with Crippen molar-refractivity contribution in [3.8, 4) is 5.75 Å². The van der Waals surface area contributed by atoms with Crippen molar-refractivity contribution in [2.45, 2.75) is 4.90 Å². The fourth-order valence-electron chi connectivity index (χ4n) is 1.25. The van der Waals surface area contributed by atoms with Gasteiger partial charge in [-0.15, -0.1) is 5.10 Å². The molecule has 1 aromatic carbocycles. The molecular formula is C10H10N4O3S. The summed E-state index contributed by atoms with van der Waals surface area (Å²) in [6, 6.07) is 6.63. The van der Waals surface area contributed by atoms with Gasteiger partial charge < -0.3 is 10.8 Å². The van der Waals surface area contributed by atoms with Gasteiger partial charge in [-0.1, -0.05) is 0 Å².